The number of thiazole rings is 1. The summed E-state index contributed by atoms with van der Waals surface area (Å²) in [5.74, 6) is 0. The summed E-state index contributed by atoms with van der Waals surface area (Å²) in [7, 11) is 0. The first-order chi connectivity index (χ1) is 6.84. The molecule has 0 unspecified atom stereocenters. The van der Waals surface area contributed by atoms with E-state index in [9.17, 15) is 0 Å². The molecule has 1 aromatic carbocycles. The van der Waals surface area contributed by atoms with E-state index in [1.165, 1.54) is 11.3 Å². The fourth-order valence-corrected chi connectivity index (χ4v) is 1.70. The zero-order valence-electron chi connectivity index (χ0n) is 7.22. The highest BCUT2D eigenvalue weighted by molar-refractivity contribution is 9.10. The van der Waals surface area contributed by atoms with Crippen LogP contribution in [0.2, 0.25) is 0 Å². The van der Waals surface area contributed by atoms with Crippen molar-refractivity contribution in [3.8, 4) is 0 Å². The number of hydrogen-bond donors (Lipinski definition) is 0. The van der Waals surface area contributed by atoms with Crippen LogP contribution < -0.4 is 0 Å². The summed E-state index contributed by atoms with van der Waals surface area (Å²) in [5.41, 5.74) is 1.07. The van der Waals surface area contributed by atoms with Crippen LogP contribution >= 0.6 is 27.3 Å². The molecule has 0 bridgehead atoms. The van der Waals surface area contributed by atoms with Gasteiger partial charge in [-0.2, -0.15) is 0 Å². The third-order valence-corrected chi connectivity index (χ3v) is 2.82. The molecule has 0 aliphatic carbocycles. The van der Waals surface area contributed by atoms with Gasteiger partial charge in [0.15, 0.2) is 0 Å². The standard InChI is InChI=1S/C10H7BrN2S/c11-9-3-1-8(2-4-9)7-13-10-12-5-6-14-10/h1-7H/b13-7-. The topological polar surface area (TPSA) is 25.2 Å². The maximum Gasteiger partial charge on any atom is 0.208 e. The minimum absolute atomic E-state index is 0.785. The SMILES string of the molecule is Brc1ccc(/C=N\c2nccs2)cc1. The zero-order valence-corrected chi connectivity index (χ0v) is 9.62. The number of aromatic nitrogens is 1. The molecule has 1 heterocycles. The predicted molar refractivity (Wildman–Crippen MR) is 63.5 cm³/mol. The van der Waals surface area contributed by atoms with Gasteiger partial charge in [-0.05, 0) is 17.7 Å². The lowest BCUT2D eigenvalue weighted by molar-refractivity contribution is 1.36. The van der Waals surface area contributed by atoms with E-state index in [2.05, 4.69) is 25.9 Å². The van der Waals surface area contributed by atoms with Gasteiger partial charge in [0.2, 0.25) is 5.13 Å². The highest BCUT2D eigenvalue weighted by Gasteiger charge is 1.90. The smallest absolute Gasteiger partial charge is 0.208 e. The van der Waals surface area contributed by atoms with Crippen molar-refractivity contribution in [2.45, 2.75) is 0 Å². The summed E-state index contributed by atoms with van der Waals surface area (Å²) in [4.78, 5) is 8.29. The van der Waals surface area contributed by atoms with Crippen LogP contribution in [0, 0.1) is 0 Å². The van der Waals surface area contributed by atoms with Gasteiger partial charge >= 0.3 is 0 Å². The monoisotopic (exact) mass is 266 g/mol. The summed E-state index contributed by atoms with van der Waals surface area (Å²) >= 11 is 4.91. The Labute approximate surface area is 94.5 Å². The summed E-state index contributed by atoms with van der Waals surface area (Å²) < 4.78 is 1.07. The molecule has 0 atom stereocenters. The van der Waals surface area contributed by atoms with E-state index in [-0.39, 0.29) is 0 Å². The second-order valence-corrected chi connectivity index (χ2v) is 4.41. The highest BCUT2D eigenvalue weighted by atomic mass is 79.9. The Bertz CT molecular complexity index is 420. The van der Waals surface area contributed by atoms with Crippen LogP contribution in [0.25, 0.3) is 0 Å². The molecule has 4 heteroatoms. The van der Waals surface area contributed by atoms with Gasteiger partial charge in [0.1, 0.15) is 0 Å². The molecule has 2 aromatic rings. The lowest BCUT2D eigenvalue weighted by Gasteiger charge is -1.91. The maximum atomic E-state index is 4.23. The minimum atomic E-state index is 0.785. The highest BCUT2D eigenvalue weighted by Crippen LogP contribution is 2.15. The van der Waals surface area contributed by atoms with E-state index >= 15 is 0 Å². The molecular formula is C10H7BrN2S. The Kier molecular flexibility index (Phi) is 3.06. The van der Waals surface area contributed by atoms with Crippen LogP contribution in [0.5, 0.6) is 0 Å². The van der Waals surface area contributed by atoms with Crippen LogP contribution in [-0.2, 0) is 0 Å². The lowest BCUT2D eigenvalue weighted by atomic mass is 10.2. The molecule has 14 heavy (non-hydrogen) atoms. The third-order valence-electron chi connectivity index (χ3n) is 1.61. The molecule has 1 aromatic heterocycles. The maximum absolute atomic E-state index is 4.23. The van der Waals surface area contributed by atoms with Crippen molar-refractivity contribution in [1.29, 1.82) is 0 Å². The van der Waals surface area contributed by atoms with Gasteiger partial charge in [0.25, 0.3) is 0 Å². The zero-order chi connectivity index (χ0) is 9.80. The molecular weight excluding hydrogens is 260 g/mol. The van der Waals surface area contributed by atoms with Gasteiger partial charge in [-0.3, -0.25) is 0 Å². The number of nitrogens with zero attached hydrogens (tertiary/aromatic N) is 2. The lowest BCUT2D eigenvalue weighted by Crippen LogP contribution is -1.78. The molecule has 0 aliphatic heterocycles. The Hall–Kier alpha value is -1.00. The molecule has 2 nitrogen and oxygen atoms in total. The number of aliphatic imine (C=N–C) groups is 1. The Morgan fingerprint density at radius 1 is 1.29 bits per heavy atom. The van der Waals surface area contributed by atoms with Gasteiger partial charge in [0.05, 0.1) is 0 Å². The summed E-state index contributed by atoms with van der Waals surface area (Å²) in [5, 5.41) is 2.70. The van der Waals surface area contributed by atoms with Crippen LogP contribution in [0.3, 0.4) is 0 Å². The van der Waals surface area contributed by atoms with Crippen molar-refractivity contribution < 1.29 is 0 Å². The number of halogens is 1. The molecule has 0 saturated heterocycles. The van der Waals surface area contributed by atoms with E-state index in [0.29, 0.717) is 0 Å². The number of rotatable bonds is 2. The quantitative estimate of drug-likeness (QED) is 0.762. The number of benzene rings is 1. The molecule has 0 spiro atoms. The van der Waals surface area contributed by atoms with Gasteiger partial charge < -0.3 is 0 Å². The fourth-order valence-electron chi connectivity index (χ4n) is 0.958. The second-order valence-electron chi connectivity index (χ2n) is 2.62. The van der Waals surface area contributed by atoms with Gasteiger partial charge in [-0.15, -0.1) is 11.3 Å². The molecule has 0 fully saturated rings. The number of hydrogen-bond acceptors (Lipinski definition) is 3. The van der Waals surface area contributed by atoms with E-state index < -0.39 is 0 Å². The van der Waals surface area contributed by atoms with Crippen molar-refractivity contribution >= 4 is 38.6 Å². The van der Waals surface area contributed by atoms with Crippen molar-refractivity contribution in [2.24, 2.45) is 4.99 Å². The Morgan fingerprint density at radius 3 is 2.71 bits per heavy atom. The van der Waals surface area contributed by atoms with Gasteiger partial charge in [-0.1, -0.05) is 28.1 Å². The van der Waals surface area contributed by atoms with Gasteiger partial charge in [0, 0.05) is 22.3 Å². The van der Waals surface area contributed by atoms with Crippen molar-refractivity contribution in [2.75, 3.05) is 0 Å². The fraction of sp³-hybridized carbons (Fsp3) is 0. The normalized spacial score (nSPS) is 10.9. The average molecular weight is 267 g/mol. The second kappa shape index (κ2) is 4.48. The predicted octanol–water partition coefficient (Wildman–Crippen LogP) is 3.66. The molecule has 0 aliphatic rings. The largest absolute Gasteiger partial charge is 0.227 e. The van der Waals surface area contributed by atoms with Gasteiger partial charge in [-0.25, -0.2) is 9.98 Å². The first kappa shape index (κ1) is 9.55. The first-order valence-corrected chi connectivity index (χ1v) is 5.71. The van der Waals surface area contributed by atoms with Crippen LogP contribution in [0.4, 0.5) is 5.13 Å². The molecule has 0 N–H and O–H groups in total. The molecule has 70 valence electrons. The first-order valence-electron chi connectivity index (χ1n) is 4.04. The van der Waals surface area contributed by atoms with Crippen LogP contribution in [-0.4, -0.2) is 11.2 Å². The van der Waals surface area contributed by atoms with Crippen molar-refractivity contribution in [3.05, 3.63) is 45.9 Å². The molecule has 0 amide bonds. The van der Waals surface area contributed by atoms with Crippen LogP contribution in [0.15, 0.2) is 45.3 Å². The summed E-state index contributed by atoms with van der Waals surface area (Å²) in [6.45, 7) is 0. The molecule has 0 saturated carbocycles. The Morgan fingerprint density at radius 2 is 2.07 bits per heavy atom. The van der Waals surface area contributed by atoms with E-state index in [1.807, 2.05) is 35.9 Å². The van der Waals surface area contributed by atoms with E-state index in [1.54, 1.807) is 6.20 Å². The van der Waals surface area contributed by atoms with Crippen molar-refractivity contribution in [1.82, 2.24) is 4.98 Å². The average Bonchev–Trinajstić information content (AvgIpc) is 2.70. The van der Waals surface area contributed by atoms with E-state index in [0.717, 1.165) is 15.2 Å². The third kappa shape index (κ3) is 2.49. The Balaban J connectivity index is 2.15. The van der Waals surface area contributed by atoms with Crippen LogP contribution in [0.1, 0.15) is 5.56 Å². The molecule has 0 radical (unpaired) electrons. The summed E-state index contributed by atoms with van der Waals surface area (Å²) in [6.07, 6.45) is 3.56. The minimum Gasteiger partial charge on any atom is -0.227 e. The van der Waals surface area contributed by atoms with Crippen molar-refractivity contribution in [3.63, 3.8) is 0 Å². The summed E-state index contributed by atoms with van der Waals surface area (Å²) in [6, 6.07) is 7.98. The van der Waals surface area contributed by atoms with E-state index in [4.69, 9.17) is 0 Å². The molecule has 2 rings (SSSR count).